The Morgan fingerprint density at radius 2 is 2.14 bits per heavy atom. The highest BCUT2D eigenvalue weighted by Gasteiger charge is 2.32. The first kappa shape index (κ1) is 16.0. The molecule has 2 atom stereocenters. The Balaban J connectivity index is 2.08. The van der Waals surface area contributed by atoms with Gasteiger partial charge in [-0.15, -0.1) is 0 Å². The van der Waals surface area contributed by atoms with Crippen LogP contribution in [0.2, 0.25) is 0 Å². The lowest BCUT2D eigenvalue weighted by atomic mass is 9.79. The highest BCUT2D eigenvalue weighted by atomic mass is 16.3. The zero-order valence-electron chi connectivity index (χ0n) is 13.6. The second kappa shape index (κ2) is 5.79. The quantitative estimate of drug-likeness (QED) is 0.797. The summed E-state index contributed by atoms with van der Waals surface area (Å²) < 4.78 is 0. The van der Waals surface area contributed by atoms with E-state index in [1.165, 1.54) is 6.42 Å². The Morgan fingerprint density at radius 1 is 1.43 bits per heavy atom. The average molecular weight is 292 g/mol. The number of nitrogens with zero attached hydrogens (tertiary/aromatic N) is 2. The number of aromatic nitrogens is 2. The molecule has 118 valence electrons. The molecule has 5 heteroatoms. The summed E-state index contributed by atoms with van der Waals surface area (Å²) >= 11 is 0. The molecule has 0 aliphatic heterocycles. The Hall–Kier alpha value is -1.36. The molecule has 1 fully saturated rings. The molecule has 0 bridgehead atoms. The van der Waals surface area contributed by atoms with Crippen molar-refractivity contribution in [1.29, 1.82) is 0 Å². The van der Waals surface area contributed by atoms with Crippen LogP contribution in [-0.4, -0.2) is 27.2 Å². The summed E-state index contributed by atoms with van der Waals surface area (Å²) in [6.07, 6.45) is 3.97. The molecule has 0 amide bonds. The van der Waals surface area contributed by atoms with Crippen LogP contribution in [0.25, 0.3) is 0 Å². The lowest BCUT2D eigenvalue weighted by Gasteiger charge is -2.35. The van der Waals surface area contributed by atoms with Crippen molar-refractivity contribution >= 4 is 11.6 Å². The van der Waals surface area contributed by atoms with Gasteiger partial charge in [-0.05, 0) is 18.8 Å². The number of nitrogen functional groups attached to an aromatic ring is 1. The molecule has 0 spiro atoms. The van der Waals surface area contributed by atoms with Crippen molar-refractivity contribution in [1.82, 2.24) is 9.97 Å². The minimum Gasteiger partial charge on any atom is -0.388 e. The van der Waals surface area contributed by atoms with Crippen molar-refractivity contribution < 1.29 is 5.11 Å². The highest BCUT2D eigenvalue weighted by Crippen LogP contribution is 2.32. The summed E-state index contributed by atoms with van der Waals surface area (Å²) in [6.45, 7) is 8.88. The van der Waals surface area contributed by atoms with Gasteiger partial charge in [0, 0.05) is 18.0 Å². The minimum atomic E-state index is -0.640. The predicted octanol–water partition coefficient (Wildman–Crippen LogP) is 2.71. The molecule has 4 N–H and O–H groups in total. The first-order valence-electron chi connectivity index (χ1n) is 7.79. The maximum atomic E-state index is 10.7. The van der Waals surface area contributed by atoms with Crippen molar-refractivity contribution in [3.63, 3.8) is 0 Å². The normalized spacial score (nSPS) is 26.6. The molecular weight excluding hydrogens is 264 g/mol. The first-order valence-corrected chi connectivity index (χ1v) is 7.79. The standard InChI is InChI=1S/C16H28N4O/c1-11-6-5-7-16(21,9-11)10-18-13-8-12(17)19-14(20-13)15(2,3)4/h8,11,21H,5-7,9-10H2,1-4H3,(H3,17,18,19,20). The number of nitrogens with two attached hydrogens (primary N) is 1. The monoisotopic (exact) mass is 292 g/mol. The Morgan fingerprint density at radius 3 is 2.76 bits per heavy atom. The zero-order valence-corrected chi connectivity index (χ0v) is 13.6. The van der Waals surface area contributed by atoms with E-state index in [0.29, 0.717) is 29.9 Å². The molecule has 1 heterocycles. The van der Waals surface area contributed by atoms with Gasteiger partial charge in [0.05, 0.1) is 5.60 Å². The van der Waals surface area contributed by atoms with Gasteiger partial charge in [-0.1, -0.05) is 40.5 Å². The van der Waals surface area contributed by atoms with Gasteiger partial charge in [0.15, 0.2) is 0 Å². The fraction of sp³-hybridized carbons (Fsp3) is 0.750. The molecule has 1 aliphatic rings. The van der Waals surface area contributed by atoms with E-state index in [0.717, 1.165) is 19.3 Å². The molecule has 2 unspecified atom stereocenters. The molecule has 0 aromatic carbocycles. The molecule has 1 saturated carbocycles. The van der Waals surface area contributed by atoms with Crippen LogP contribution in [-0.2, 0) is 5.41 Å². The summed E-state index contributed by atoms with van der Waals surface area (Å²) in [6, 6.07) is 1.73. The molecular formula is C16H28N4O. The van der Waals surface area contributed by atoms with E-state index < -0.39 is 5.60 Å². The smallest absolute Gasteiger partial charge is 0.138 e. The third-order valence-corrected chi connectivity index (χ3v) is 4.08. The number of hydrogen-bond acceptors (Lipinski definition) is 5. The van der Waals surface area contributed by atoms with Gasteiger partial charge in [0.2, 0.25) is 0 Å². The van der Waals surface area contributed by atoms with Gasteiger partial charge in [0.25, 0.3) is 0 Å². The van der Waals surface area contributed by atoms with Crippen LogP contribution in [0.15, 0.2) is 6.07 Å². The average Bonchev–Trinajstić information content (AvgIpc) is 2.34. The SMILES string of the molecule is CC1CCCC(O)(CNc2cc(N)nc(C(C)(C)C)n2)C1. The van der Waals surface area contributed by atoms with Crippen LogP contribution in [0, 0.1) is 5.92 Å². The summed E-state index contributed by atoms with van der Waals surface area (Å²) in [5.41, 5.74) is 5.08. The number of anilines is 2. The summed E-state index contributed by atoms with van der Waals surface area (Å²) in [5.74, 6) is 2.45. The van der Waals surface area contributed by atoms with Crippen LogP contribution in [0.5, 0.6) is 0 Å². The van der Waals surface area contributed by atoms with Gasteiger partial charge in [-0.25, -0.2) is 9.97 Å². The van der Waals surface area contributed by atoms with Crippen molar-refractivity contribution in [3.8, 4) is 0 Å². The van der Waals surface area contributed by atoms with E-state index in [9.17, 15) is 5.11 Å². The van der Waals surface area contributed by atoms with E-state index in [1.807, 2.05) is 0 Å². The van der Waals surface area contributed by atoms with E-state index >= 15 is 0 Å². The molecule has 2 rings (SSSR count). The number of rotatable bonds is 3. The van der Waals surface area contributed by atoms with Crippen molar-refractivity contribution in [2.45, 2.75) is 64.4 Å². The minimum absolute atomic E-state index is 0.151. The number of aliphatic hydroxyl groups is 1. The van der Waals surface area contributed by atoms with Crippen molar-refractivity contribution in [2.75, 3.05) is 17.6 Å². The van der Waals surface area contributed by atoms with Crippen LogP contribution in [0.1, 0.15) is 59.2 Å². The van der Waals surface area contributed by atoms with Gasteiger partial charge in [-0.2, -0.15) is 0 Å². The Kier molecular flexibility index (Phi) is 4.42. The molecule has 1 aliphatic carbocycles. The van der Waals surface area contributed by atoms with Gasteiger partial charge in [-0.3, -0.25) is 0 Å². The second-order valence-electron chi connectivity index (χ2n) is 7.53. The largest absolute Gasteiger partial charge is 0.388 e. The lowest BCUT2D eigenvalue weighted by Crippen LogP contribution is -2.41. The van der Waals surface area contributed by atoms with Crippen LogP contribution < -0.4 is 11.1 Å². The van der Waals surface area contributed by atoms with Gasteiger partial charge >= 0.3 is 0 Å². The maximum Gasteiger partial charge on any atom is 0.138 e. The third kappa shape index (κ3) is 4.30. The second-order valence-corrected chi connectivity index (χ2v) is 7.53. The maximum absolute atomic E-state index is 10.7. The lowest BCUT2D eigenvalue weighted by molar-refractivity contribution is -0.000832. The van der Waals surface area contributed by atoms with E-state index in [1.54, 1.807) is 6.07 Å². The topological polar surface area (TPSA) is 84.1 Å². The summed E-state index contributed by atoms with van der Waals surface area (Å²) in [4.78, 5) is 8.82. The number of nitrogens with one attached hydrogen (secondary N) is 1. The highest BCUT2D eigenvalue weighted by molar-refractivity contribution is 5.45. The van der Waals surface area contributed by atoms with Crippen molar-refractivity contribution in [3.05, 3.63) is 11.9 Å². The fourth-order valence-electron chi connectivity index (χ4n) is 2.94. The zero-order chi connectivity index (χ0) is 15.7. The van der Waals surface area contributed by atoms with Crippen molar-refractivity contribution in [2.24, 2.45) is 5.92 Å². The predicted molar refractivity (Wildman–Crippen MR) is 86.2 cm³/mol. The van der Waals surface area contributed by atoms with E-state index in [-0.39, 0.29) is 5.41 Å². The van der Waals surface area contributed by atoms with Gasteiger partial charge in [0.1, 0.15) is 17.5 Å². The van der Waals surface area contributed by atoms with E-state index in [2.05, 4.69) is 43.0 Å². The Labute approximate surface area is 127 Å². The van der Waals surface area contributed by atoms with Gasteiger partial charge < -0.3 is 16.2 Å². The Bertz CT molecular complexity index is 498. The molecule has 5 nitrogen and oxygen atoms in total. The van der Waals surface area contributed by atoms with Crippen LogP contribution in [0.4, 0.5) is 11.6 Å². The van der Waals surface area contributed by atoms with Crippen LogP contribution >= 0.6 is 0 Å². The molecule has 1 aromatic heterocycles. The molecule has 1 aromatic rings. The molecule has 21 heavy (non-hydrogen) atoms. The van der Waals surface area contributed by atoms with E-state index in [4.69, 9.17) is 5.73 Å². The summed E-state index contributed by atoms with van der Waals surface area (Å²) in [5, 5.41) is 13.9. The third-order valence-electron chi connectivity index (χ3n) is 4.08. The number of hydrogen-bond donors (Lipinski definition) is 3. The molecule has 0 saturated heterocycles. The van der Waals surface area contributed by atoms with Crippen LogP contribution in [0.3, 0.4) is 0 Å². The fourth-order valence-corrected chi connectivity index (χ4v) is 2.94. The molecule has 0 radical (unpaired) electrons. The first-order chi connectivity index (χ1) is 9.68. The summed E-state index contributed by atoms with van der Waals surface area (Å²) in [7, 11) is 0.